The van der Waals surface area contributed by atoms with Crippen molar-refractivity contribution in [2.45, 2.75) is 163 Å². The molecule has 2 fully saturated rings. The van der Waals surface area contributed by atoms with E-state index in [2.05, 4.69) is 132 Å². The van der Waals surface area contributed by atoms with E-state index in [1.165, 1.54) is 21.5 Å². The van der Waals surface area contributed by atoms with Crippen molar-refractivity contribution in [3.05, 3.63) is 108 Å². The van der Waals surface area contributed by atoms with Gasteiger partial charge >= 0.3 is 0 Å². The zero-order valence-corrected chi connectivity index (χ0v) is 39.7. The fraction of sp³-hybridized carbons (Fsp3) is 0.577. The molecule has 2 saturated heterocycles. The molecule has 7 nitrogen and oxygen atoms in total. The Hall–Kier alpha value is -3.24. The predicted octanol–water partition coefficient (Wildman–Crippen LogP) is 11.3. The molecular formula is C52H75NO6Si. The van der Waals surface area contributed by atoms with Crippen LogP contribution in [0.2, 0.25) is 5.04 Å². The maximum Gasteiger partial charge on any atom is 0.261 e. The summed E-state index contributed by atoms with van der Waals surface area (Å²) in [6, 6.07) is 25.9. The fourth-order valence-electron chi connectivity index (χ4n) is 9.31. The molecule has 0 bridgehead atoms. The molecule has 2 aliphatic rings. The lowest BCUT2D eigenvalue weighted by atomic mass is 9.72. The molecule has 328 valence electrons. The van der Waals surface area contributed by atoms with Crippen molar-refractivity contribution in [2.75, 3.05) is 13.2 Å². The lowest BCUT2D eigenvalue weighted by molar-refractivity contribution is -0.289. The third kappa shape index (κ3) is 12.2. The van der Waals surface area contributed by atoms with E-state index >= 15 is 0 Å². The molecule has 2 aliphatic heterocycles. The summed E-state index contributed by atoms with van der Waals surface area (Å²) in [6.07, 6.45) is 14.7. The van der Waals surface area contributed by atoms with Gasteiger partial charge in [0.15, 0.2) is 12.1 Å². The second-order valence-electron chi connectivity index (χ2n) is 19.5. The first-order valence-corrected chi connectivity index (χ1v) is 24.5. The summed E-state index contributed by atoms with van der Waals surface area (Å²) in [7, 11) is -2.84. The van der Waals surface area contributed by atoms with Crippen LogP contribution in [0.25, 0.3) is 6.08 Å². The third-order valence-corrected chi connectivity index (χ3v) is 17.9. The lowest BCUT2D eigenvalue weighted by Gasteiger charge is -2.45. The SMILES string of the molecule is C/C(=C\C[C@H](O[Si](c1ccccc1)(c1ccccc1)C(C)(C)C)/C(C)=C/c1cccnc1)CCC[C@H](C)[C@H](OC1CCCCO1)C(C)C(=O)C(C)(C)[C@@H]1CCOC(C)(C)O1. The molecule has 1 aromatic heterocycles. The molecule has 2 aromatic carbocycles. The normalized spacial score (nSPS) is 21.5. The van der Waals surface area contributed by atoms with Gasteiger partial charge in [0.25, 0.3) is 8.32 Å². The number of hydrogen-bond acceptors (Lipinski definition) is 7. The summed E-state index contributed by atoms with van der Waals surface area (Å²) < 4.78 is 32.8. The highest BCUT2D eigenvalue weighted by Gasteiger charge is 2.52. The number of ether oxygens (including phenoxy) is 4. The minimum atomic E-state index is -2.84. The number of hydrogen-bond donors (Lipinski definition) is 0. The molecule has 2 unspecified atom stereocenters. The summed E-state index contributed by atoms with van der Waals surface area (Å²) in [6.45, 7) is 25.0. The van der Waals surface area contributed by atoms with E-state index in [1.807, 2.05) is 46.2 Å². The van der Waals surface area contributed by atoms with Crippen LogP contribution in [0.5, 0.6) is 0 Å². The van der Waals surface area contributed by atoms with Crippen LogP contribution in [0, 0.1) is 17.3 Å². The third-order valence-electron chi connectivity index (χ3n) is 12.8. The number of aromatic nitrogens is 1. The molecule has 5 rings (SSSR count). The number of carbonyl (C=O) groups excluding carboxylic acids is 1. The van der Waals surface area contributed by atoms with Crippen LogP contribution in [0.15, 0.2) is 102 Å². The summed E-state index contributed by atoms with van der Waals surface area (Å²) >= 11 is 0. The number of rotatable bonds is 19. The monoisotopic (exact) mass is 838 g/mol. The number of allylic oxidation sites excluding steroid dienone is 1. The van der Waals surface area contributed by atoms with Crippen LogP contribution >= 0.6 is 0 Å². The number of benzene rings is 2. The van der Waals surface area contributed by atoms with Gasteiger partial charge in [0.1, 0.15) is 5.78 Å². The highest BCUT2D eigenvalue weighted by atomic mass is 28.4. The first-order valence-electron chi connectivity index (χ1n) is 22.6. The molecule has 3 aromatic rings. The first-order chi connectivity index (χ1) is 28.4. The van der Waals surface area contributed by atoms with Crippen LogP contribution in [-0.2, 0) is 28.2 Å². The maximum absolute atomic E-state index is 14.4. The van der Waals surface area contributed by atoms with Crippen molar-refractivity contribution in [1.29, 1.82) is 0 Å². The average Bonchev–Trinajstić information content (AvgIpc) is 3.22. The minimum Gasteiger partial charge on any atom is -0.400 e. The quantitative estimate of drug-likeness (QED) is 0.0879. The number of nitrogens with zero attached hydrogens (tertiary/aromatic N) is 1. The van der Waals surface area contributed by atoms with Crippen LogP contribution in [0.1, 0.15) is 133 Å². The van der Waals surface area contributed by atoms with E-state index in [0.29, 0.717) is 19.6 Å². The van der Waals surface area contributed by atoms with E-state index in [9.17, 15) is 4.79 Å². The largest absolute Gasteiger partial charge is 0.400 e. The number of carbonyl (C=O) groups is 1. The van der Waals surface area contributed by atoms with E-state index in [0.717, 1.165) is 50.5 Å². The molecule has 6 atom stereocenters. The zero-order chi connectivity index (χ0) is 43.6. The minimum absolute atomic E-state index is 0.152. The lowest BCUT2D eigenvalue weighted by Crippen LogP contribution is -2.67. The average molecular weight is 838 g/mol. The Kier molecular flexibility index (Phi) is 16.9. The standard InChI is InChI=1S/C52H75NO6Si/c1-38(22-20-23-39(2)48(57-47-29-18-19-34-55-47)41(4)49(54)51(8,9)46-32-35-56-52(10,11)58-46)30-31-45(40(3)36-42-24-21-33-53-37-42)59-60(50(5,6)7,43-25-14-12-15-26-43)44-27-16-13-17-28-44/h12-17,21,24-28,30,33,36-37,39,41,45-48H,18-20,22-23,29,31-32,34-35H2,1-11H3/b38-30+,40-36+/t39-,41?,45-,46-,47?,48-/m0/s1. The smallest absolute Gasteiger partial charge is 0.261 e. The van der Waals surface area contributed by atoms with Crippen LogP contribution in [-0.4, -0.2) is 62.7 Å². The van der Waals surface area contributed by atoms with Gasteiger partial charge in [0.2, 0.25) is 0 Å². The van der Waals surface area contributed by atoms with Gasteiger partial charge < -0.3 is 23.4 Å². The maximum atomic E-state index is 14.4. The zero-order valence-electron chi connectivity index (χ0n) is 38.7. The molecular weight excluding hydrogens is 763 g/mol. The molecule has 60 heavy (non-hydrogen) atoms. The molecule has 8 heteroatoms. The Labute approximate surface area is 363 Å². The molecule has 0 amide bonds. The van der Waals surface area contributed by atoms with Crippen molar-refractivity contribution in [3.63, 3.8) is 0 Å². The van der Waals surface area contributed by atoms with Gasteiger partial charge in [-0.2, -0.15) is 0 Å². The van der Waals surface area contributed by atoms with E-state index < -0.39 is 19.5 Å². The van der Waals surface area contributed by atoms with Gasteiger partial charge in [-0.1, -0.05) is 133 Å². The summed E-state index contributed by atoms with van der Waals surface area (Å²) in [5.41, 5.74) is 2.89. The Balaban J connectivity index is 1.35. The van der Waals surface area contributed by atoms with E-state index in [1.54, 1.807) is 0 Å². The molecule has 0 radical (unpaired) electrons. The summed E-state index contributed by atoms with van der Waals surface area (Å²) in [5.74, 6) is -0.701. The van der Waals surface area contributed by atoms with Crippen molar-refractivity contribution >= 4 is 30.6 Å². The highest BCUT2D eigenvalue weighted by molar-refractivity contribution is 6.99. The second-order valence-corrected chi connectivity index (χ2v) is 23.8. The van der Waals surface area contributed by atoms with Gasteiger partial charge in [-0.05, 0) is 118 Å². The molecule has 0 spiro atoms. The van der Waals surface area contributed by atoms with Gasteiger partial charge in [-0.25, -0.2) is 0 Å². The Morgan fingerprint density at radius 3 is 2.15 bits per heavy atom. The Morgan fingerprint density at radius 2 is 1.58 bits per heavy atom. The Morgan fingerprint density at radius 1 is 0.917 bits per heavy atom. The molecule has 0 aliphatic carbocycles. The summed E-state index contributed by atoms with van der Waals surface area (Å²) in [5, 5.41) is 2.39. The molecule has 3 heterocycles. The van der Waals surface area contributed by atoms with Gasteiger partial charge in [-0.15, -0.1) is 0 Å². The van der Waals surface area contributed by atoms with Crippen LogP contribution in [0.3, 0.4) is 0 Å². The predicted molar refractivity (Wildman–Crippen MR) is 248 cm³/mol. The van der Waals surface area contributed by atoms with E-state index in [-0.39, 0.29) is 47.3 Å². The highest BCUT2D eigenvalue weighted by Crippen LogP contribution is 2.41. The van der Waals surface area contributed by atoms with Crippen LogP contribution < -0.4 is 10.4 Å². The number of pyridine rings is 1. The molecule has 0 saturated carbocycles. The van der Waals surface area contributed by atoms with Crippen LogP contribution in [0.4, 0.5) is 0 Å². The topological polar surface area (TPSA) is 76.1 Å². The fourth-order valence-corrected chi connectivity index (χ4v) is 14.0. The Bertz CT molecular complexity index is 1790. The van der Waals surface area contributed by atoms with Gasteiger partial charge in [0, 0.05) is 24.9 Å². The van der Waals surface area contributed by atoms with Crippen molar-refractivity contribution in [3.8, 4) is 0 Å². The van der Waals surface area contributed by atoms with Gasteiger partial charge in [0.05, 0.1) is 30.3 Å². The number of ketones is 1. The molecule has 0 N–H and O–H groups in total. The van der Waals surface area contributed by atoms with Crippen molar-refractivity contribution < 1.29 is 28.2 Å². The second kappa shape index (κ2) is 21.2. The number of Topliss-reactive ketones (excluding diaryl/α,β-unsaturated/α-hetero) is 1. The van der Waals surface area contributed by atoms with Gasteiger partial charge in [-0.3, -0.25) is 9.78 Å². The van der Waals surface area contributed by atoms with Crippen molar-refractivity contribution in [1.82, 2.24) is 4.98 Å². The first kappa shape index (κ1) is 47.8. The summed E-state index contributed by atoms with van der Waals surface area (Å²) in [4.78, 5) is 18.8. The van der Waals surface area contributed by atoms with E-state index in [4.69, 9.17) is 23.4 Å². The van der Waals surface area contributed by atoms with Crippen molar-refractivity contribution in [2.24, 2.45) is 17.3 Å².